The Morgan fingerprint density at radius 2 is 1.45 bits per heavy atom. The van der Waals surface area contributed by atoms with Gasteiger partial charge >= 0.3 is 0 Å². The van der Waals surface area contributed by atoms with Crippen LogP contribution in [0.15, 0.2) is 0 Å². The maximum atomic E-state index is 12.3. The Hall–Kier alpha value is 0.150. The van der Waals surface area contributed by atoms with Gasteiger partial charge in [0, 0.05) is 31.8 Å². The van der Waals surface area contributed by atoms with Crippen molar-refractivity contribution in [3.05, 3.63) is 0 Å². The van der Waals surface area contributed by atoms with E-state index in [9.17, 15) is 4.57 Å². The second-order valence-electron chi connectivity index (χ2n) is 3.59. The van der Waals surface area contributed by atoms with E-state index >= 15 is 0 Å². The van der Waals surface area contributed by atoms with E-state index in [0.717, 1.165) is 26.2 Å². The van der Waals surface area contributed by atoms with Crippen molar-refractivity contribution in [2.24, 2.45) is 0 Å². The molecule has 2 heterocycles. The Labute approximate surface area is 67.8 Å². The van der Waals surface area contributed by atoms with Crippen LogP contribution in [0.4, 0.5) is 0 Å². The molecule has 0 radical (unpaired) electrons. The van der Waals surface area contributed by atoms with Crippen molar-refractivity contribution < 1.29 is 4.57 Å². The third kappa shape index (κ3) is 1.16. The second kappa shape index (κ2) is 2.32. The summed E-state index contributed by atoms with van der Waals surface area (Å²) in [6.07, 6.45) is 0. The largest absolute Gasteiger partial charge is 0.289 e. The highest BCUT2D eigenvalue weighted by molar-refractivity contribution is 7.60. The Kier molecular flexibility index (Phi) is 1.64. The molecule has 2 aliphatic rings. The number of hydrogen-bond donors (Lipinski definition) is 0. The lowest BCUT2D eigenvalue weighted by Gasteiger charge is -2.23. The zero-order valence-electron chi connectivity index (χ0n) is 7.16. The van der Waals surface area contributed by atoms with E-state index in [-0.39, 0.29) is 0 Å². The van der Waals surface area contributed by atoms with Crippen molar-refractivity contribution in [2.75, 3.05) is 26.2 Å². The van der Waals surface area contributed by atoms with Crippen LogP contribution in [-0.4, -0.2) is 41.2 Å². The summed E-state index contributed by atoms with van der Waals surface area (Å²) < 4.78 is 16.5. The molecular formula is C7H15N2OP. The quantitative estimate of drug-likeness (QED) is 0.474. The predicted molar refractivity (Wildman–Crippen MR) is 45.9 cm³/mol. The molecule has 3 nitrogen and oxygen atoms in total. The van der Waals surface area contributed by atoms with E-state index in [1.165, 1.54) is 0 Å². The molecule has 0 N–H and O–H groups in total. The van der Waals surface area contributed by atoms with Crippen LogP contribution in [0.25, 0.3) is 0 Å². The van der Waals surface area contributed by atoms with Gasteiger partial charge in [-0.25, -0.2) is 9.34 Å². The zero-order valence-corrected chi connectivity index (χ0v) is 8.05. The van der Waals surface area contributed by atoms with Crippen LogP contribution in [-0.2, 0) is 4.57 Å². The molecule has 11 heavy (non-hydrogen) atoms. The molecule has 2 rings (SSSR count). The fourth-order valence-electron chi connectivity index (χ4n) is 1.49. The van der Waals surface area contributed by atoms with Gasteiger partial charge in [0.25, 0.3) is 0 Å². The molecule has 0 aromatic heterocycles. The van der Waals surface area contributed by atoms with Crippen LogP contribution in [0.2, 0.25) is 0 Å². The van der Waals surface area contributed by atoms with E-state index in [1.54, 1.807) is 0 Å². The summed E-state index contributed by atoms with van der Waals surface area (Å²) >= 11 is 0. The standard InChI is InChI=1S/C7H15N2OP/c1-7(2)11(10,8-3-4-8)9-5-6-9/h7H,3-6H2,1-2H3. The van der Waals surface area contributed by atoms with Gasteiger partial charge < -0.3 is 0 Å². The fourth-order valence-corrected chi connectivity index (χ4v) is 4.48. The number of nitrogens with zero attached hydrogens (tertiary/aromatic N) is 2. The Balaban J connectivity index is 2.17. The highest BCUT2D eigenvalue weighted by Gasteiger charge is 2.49. The highest BCUT2D eigenvalue weighted by Crippen LogP contribution is 2.63. The summed E-state index contributed by atoms with van der Waals surface area (Å²) in [4.78, 5) is 0. The maximum absolute atomic E-state index is 12.3. The van der Waals surface area contributed by atoms with Crippen LogP contribution in [0.1, 0.15) is 13.8 Å². The topological polar surface area (TPSA) is 23.1 Å². The molecule has 0 amide bonds. The SMILES string of the molecule is CC(C)P(=O)(N1CC1)N1CC1. The minimum absolute atomic E-state index is 0.312. The van der Waals surface area contributed by atoms with Crippen molar-refractivity contribution in [1.82, 2.24) is 9.34 Å². The second-order valence-corrected chi connectivity index (χ2v) is 6.93. The minimum Gasteiger partial charge on any atom is -0.289 e. The summed E-state index contributed by atoms with van der Waals surface area (Å²) in [7, 11) is -2.05. The molecule has 0 unspecified atom stereocenters. The van der Waals surface area contributed by atoms with Crippen molar-refractivity contribution in [1.29, 1.82) is 0 Å². The molecule has 2 fully saturated rings. The van der Waals surface area contributed by atoms with Gasteiger partial charge in [-0.3, -0.25) is 4.57 Å². The van der Waals surface area contributed by atoms with Gasteiger partial charge in [-0.1, -0.05) is 13.8 Å². The fraction of sp³-hybridized carbons (Fsp3) is 1.00. The van der Waals surface area contributed by atoms with E-state index in [1.807, 2.05) is 0 Å². The molecule has 0 aromatic carbocycles. The lowest BCUT2D eigenvalue weighted by atomic mass is 10.6. The summed E-state index contributed by atoms with van der Waals surface area (Å²) in [6.45, 7) is 8.32. The molecule has 0 aromatic rings. The van der Waals surface area contributed by atoms with Gasteiger partial charge in [-0.05, 0) is 0 Å². The van der Waals surface area contributed by atoms with Crippen molar-refractivity contribution >= 4 is 7.44 Å². The predicted octanol–water partition coefficient (Wildman–Crippen LogP) is 1.22. The van der Waals surface area contributed by atoms with Gasteiger partial charge in [0.15, 0.2) is 0 Å². The number of rotatable bonds is 3. The maximum Gasteiger partial charge on any atom is 0.219 e. The summed E-state index contributed by atoms with van der Waals surface area (Å²) in [6, 6.07) is 0. The molecule has 0 spiro atoms. The molecule has 0 aliphatic carbocycles. The van der Waals surface area contributed by atoms with E-state index in [4.69, 9.17) is 0 Å². The van der Waals surface area contributed by atoms with Crippen molar-refractivity contribution in [3.63, 3.8) is 0 Å². The molecule has 0 saturated carbocycles. The van der Waals surface area contributed by atoms with Crippen molar-refractivity contribution in [2.45, 2.75) is 19.5 Å². The van der Waals surface area contributed by atoms with Crippen LogP contribution in [0, 0.1) is 0 Å². The monoisotopic (exact) mass is 174 g/mol. The molecule has 0 bridgehead atoms. The van der Waals surface area contributed by atoms with Crippen LogP contribution >= 0.6 is 7.44 Å². The van der Waals surface area contributed by atoms with E-state index in [2.05, 4.69) is 23.2 Å². The van der Waals surface area contributed by atoms with Gasteiger partial charge in [0.2, 0.25) is 7.44 Å². The van der Waals surface area contributed by atoms with Gasteiger partial charge in [-0.2, -0.15) is 0 Å². The lowest BCUT2D eigenvalue weighted by Crippen LogP contribution is -2.13. The van der Waals surface area contributed by atoms with Crippen molar-refractivity contribution in [3.8, 4) is 0 Å². The number of hydrogen-bond acceptors (Lipinski definition) is 1. The molecule has 0 atom stereocenters. The molecule has 2 aliphatic heterocycles. The average Bonchev–Trinajstić information content (AvgIpc) is 2.79. The summed E-state index contributed by atoms with van der Waals surface area (Å²) in [5.74, 6) is 0. The highest BCUT2D eigenvalue weighted by atomic mass is 31.2. The Morgan fingerprint density at radius 3 is 1.64 bits per heavy atom. The van der Waals surface area contributed by atoms with Gasteiger partial charge in [-0.15, -0.1) is 0 Å². The summed E-state index contributed by atoms with van der Waals surface area (Å²) in [5, 5.41) is 0. The zero-order chi connectivity index (χ0) is 8.06. The Bertz CT molecular complexity index is 184. The first kappa shape index (κ1) is 7.78. The third-order valence-corrected chi connectivity index (χ3v) is 6.10. The van der Waals surface area contributed by atoms with E-state index < -0.39 is 7.44 Å². The first-order chi connectivity index (χ1) is 5.15. The minimum atomic E-state index is -2.05. The van der Waals surface area contributed by atoms with Crippen LogP contribution in [0.3, 0.4) is 0 Å². The molecule has 4 heteroatoms. The third-order valence-electron chi connectivity index (χ3n) is 2.33. The summed E-state index contributed by atoms with van der Waals surface area (Å²) in [5.41, 5.74) is 0.312. The normalized spacial score (nSPS) is 26.1. The van der Waals surface area contributed by atoms with E-state index in [0.29, 0.717) is 5.66 Å². The molecular weight excluding hydrogens is 159 g/mol. The van der Waals surface area contributed by atoms with Gasteiger partial charge in [0.05, 0.1) is 0 Å². The van der Waals surface area contributed by atoms with Crippen LogP contribution in [0.5, 0.6) is 0 Å². The molecule has 64 valence electrons. The van der Waals surface area contributed by atoms with Crippen LogP contribution < -0.4 is 0 Å². The first-order valence-corrected chi connectivity index (χ1v) is 5.94. The Morgan fingerprint density at radius 1 is 1.09 bits per heavy atom. The van der Waals surface area contributed by atoms with Gasteiger partial charge in [0.1, 0.15) is 0 Å². The first-order valence-electron chi connectivity index (χ1n) is 4.26. The average molecular weight is 174 g/mol. The molecule has 2 saturated heterocycles. The smallest absolute Gasteiger partial charge is 0.219 e. The lowest BCUT2D eigenvalue weighted by molar-refractivity contribution is 0.508.